The number of hydrogen-bond acceptors (Lipinski definition) is 15. The Morgan fingerprint density at radius 3 is 1.50 bits per heavy atom. The van der Waals surface area contributed by atoms with Crippen molar-refractivity contribution in [1.29, 1.82) is 0 Å². The summed E-state index contributed by atoms with van der Waals surface area (Å²) >= 11 is 0. The first kappa shape index (κ1) is 59.6. The Morgan fingerprint density at radius 2 is 0.909 bits per heavy atom. The second kappa shape index (κ2) is 38.3. The lowest BCUT2D eigenvalue weighted by Crippen LogP contribution is -2.61. The van der Waals surface area contributed by atoms with Crippen LogP contribution < -0.4 is 0 Å². The molecule has 2 fully saturated rings. The number of carbonyl (C=O) groups excluding carboxylic acids is 2. The summed E-state index contributed by atoms with van der Waals surface area (Å²) in [7, 11) is 0. The Labute approximate surface area is 395 Å². The number of esters is 2. The zero-order valence-electron chi connectivity index (χ0n) is 40.2. The molecule has 0 aromatic rings. The Hall–Kier alpha value is -2.54. The largest absolute Gasteiger partial charge is 0.462 e. The van der Waals surface area contributed by atoms with Crippen LogP contribution in [0.2, 0.25) is 0 Å². The Kier molecular flexibility index (Phi) is 34.6. The predicted molar refractivity (Wildman–Crippen MR) is 252 cm³/mol. The maximum atomic E-state index is 13.0. The quantitative estimate of drug-likeness (QED) is 0.0194. The lowest BCUT2D eigenvalue weighted by atomic mass is 9.98. The van der Waals surface area contributed by atoms with Gasteiger partial charge >= 0.3 is 11.9 Å². The van der Waals surface area contributed by atoms with Gasteiger partial charge in [0.1, 0.15) is 55.4 Å². The number of unbranched alkanes of at least 4 members (excludes halogenated alkanes) is 16. The second-order valence-corrected chi connectivity index (χ2v) is 17.6. The van der Waals surface area contributed by atoms with Crippen LogP contribution in [0.3, 0.4) is 0 Å². The number of aliphatic hydroxyl groups excluding tert-OH is 7. The van der Waals surface area contributed by atoms with Gasteiger partial charge in [-0.2, -0.15) is 0 Å². The van der Waals surface area contributed by atoms with Crippen molar-refractivity contribution in [3.8, 4) is 0 Å². The van der Waals surface area contributed by atoms with E-state index in [1.807, 2.05) is 0 Å². The minimum absolute atomic E-state index is 0.114. The number of aliphatic hydroxyl groups is 7. The molecule has 2 rings (SSSR count). The Balaban J connectivity index is 1.85. The SMILES string of the molecule is CCCCC/C=C/C/C=C/C/C=C/CCCCC(=O)O[C@H](COC(=O)CCCCCCC/C=C/CCCCCCCC)CO[C@@H]1O[C@H](CO[C@@H]2O[C@H](CO)[C@H](O)C(O)C2O)[C@H](O)C(O)C1O. The van der Waals surface area contributed by atoms with Crippen molar-refractivity contribution in [3.63, 3.8) is 0 Å². The highest BCUT2D eigenvalue weighted by molar-refractivity contribution is 5.70. The molecular weight excluding hydrogens is 853 g/mol. The van der Waals surface area contributed by atoms with Crippen molar-refractivity contribution in [2.24, 2.45) is 0 Å². The van der Waals surface area contributed by atoms with Gasteiger partial charge in [0.2, 0.25) is 0 Å². The third-order valence-corrected chi connectivity index (χ3v) is 11.8. The van der Waals surface area contributed by atoms with Crippen LogP contribution >= 0.6 is 0 Å². The van der Waals surface area contributed by atoms with E-state index >= 15 is 0 Å². The molecule has 0 aromatic carbocycles. The zero-order chi connectivity index (χ0) is 48.2. The Morgan fingerprint density at radius 1 is 0.485 bits per heavy atom. The first-order chi connectivity index (χ1) is 32.0. The summed E-state index contributed by atoms with van der Waals surface area (Å²) in [5.74, 6) is -0.981. The fourth-order valence-electron chi connectivity index (χ4n) is 7.57. The molecule has 4 unspecified atom stereocenters. The van der Waals surface area contributed by atoms with Crippen molar-refractivity contribution < 1.29 is 73.8 Å². The van der Waals surface area contributed by atoms with Gasteiger partial charge in [-0.25, -0.2) is 0 Å². The lowest BCUT2D eigenvalue weighted by Gasteiger charge is -2.42. The molecular formula is C51H88O15. The third-order valence-electron chi connectivity index (χ3n) is 11.8. The van der Waals surface area contributed by atoms with Gasteiger partial charge in [-0.1, -0.05) is 127 Å². The molecule has 2 aliphatic heterocycles. The van der Waals surface area contributed by atoms with E-state index in [9.17, 15) is 45.3 Å². The molecule has 0 radical (unpaired) electrons. The number of carbonyl (C=O) groups is 2. The summed E-state index contributed by atoms with van der Waals surface area (Å²) < 4.78 is 33.5. The van der Waals surface area contributed by atoms with Crippen molar-refractivity contribution in [3.05, 3.63) is 48.6 Å². The number of ether oxygens (including phenoxy) is 6. The highest BCUT2D eigenvalue weighted by Gasteiger charge is 2.47. The van der Waals surface area contributed by atoms with Gasteiger partial charge in [0.25, 0.3) is 0 Å². The van der Waals surface area contributed by atoms with Gasteiger partial charge in [-0.15, -0.1) is 0 Å². The van der Waals surface area contributed by atoms with Crippen LogP contribution in [0.25, 0.3) is 0 Å². The van der Waals surface area contributed by atoms with Crippen molar-refractivity contribution in [1.82, 2.24) is 0 Å². The van der Waals surface area contributed by atoms with Crippen LogP contribution in [-0.4, -0.2) is 142 Å². The summed E-state index contributed by atoms with van der Waals surface area (Å²) in [5, 5.41) is 72.0. The van der Waals surface area contributed by atoms with Crippen molar-refractivity contribution in [2.75, 3.05) is 26.4 Å². The molecule has 7 N–H and O–H groups in total. The van der Waals surface area contributed by atoms with Gasteiger partial charge in [0.15, 0.2) is 18.7 Å². The molecule has 66 heavy (non-hydrogen) atoms. The molecule has 0 aliphatic carbocycles. The monoisotopic (exact) mass is 941 g/mol. The molecule has 0 amide bonds. The van der Waals surface area contributed by atoms with Crippen LogP contribution in [0.15, 0.2) is 48.6 Å². The highest BCUT2D eigenvalue weighted by Crippen LogP contribution is 2.26. The summed E-state index contributed by atoms with van der Waals surface area (Å²) in [4.78, 5) is 25.7. The van der Waals surface area contributed by atoms with Crippen LogP contribution in [0.5, 0.6) is 0 Å². The van der Waals surface area contributed by atoms with E-state index in [0.717, 1.165) is 70.6 Å². The molecule has 15 nitrogen and oxygen atoms in total. The molecule has 0 bridgehead atoms. The van der Waals surface area contributed by atoms with E-state index in [0.29, 0.717) is 12.8 Å². The van der Waals surface area contributed by atoms with E-state index in [4.69, 9.17) is 28.4 Å². The Bertz CT molecular complexity index is 1340. The molecule has 2 saturated heterocycles. The van der Waals surface area contributed by atoms with E-state index < -0.39 is 99.3 Å². The fraction of sp³-hybridized carbons (Fsp3) is 0.804. The van der Waals surface area contributed by atoms with E-state index in [-0.39, 0.29) is 19.4 Å². The number of rotatable bonds is 38. The van der Waals surface area contributed by atoms with Crippen LogP contribution in [0, 0.1) is 0 Å². The van der Waals surface area contributed by atoms with Gasteiger partial charge in [0, 0.05) is 12.8 Å². The maximum Gasteiger partial charge on any atom is 0.306 e. The van der Waals surface area contributed by atoms with Crippen molar-refractivity contribution in [2.45, 2.75) is 235 Å². The van der Waals surface area contributed by atoms with E-state index in [1.54, 1.807) is 0 Å². The second-order valence-electron chi connectivity index (χ2n) is 17.6. The topological polar surface area (TPSA) is 231 Å². The van der Waals surface area contributed by atoms with Gasteiger partial charge in [-0.05, 0) is 77.0 Å². The minimum Gasteiger partial charge on any atom is -0.462 e. The summed E-state index contributed by atoms with van der Waals surface area (Å²) in [5.41, 5.74) is 0. The molecule has 15 heteroatoms. The van der Waals surface area contributed by atoms with Gasteiger partial charge in [0.05, 0.1) is 19.8 Å². The molecule has 2 heterocycles. The first-order valence-corrected chi connectivity index (χ1v) is 25.2. The van der Waals surface area contributed by atoms with Gasteiger partial charge < -0.3 is 64.2 Å². The van der Waals surface area contributed by atoms with Gasteiger partial charge in [-0.3, -0.25) is 9.59 Å². The zero-order valence-corrected chi connectivity index (χ0v) is 40.2. The summed E-state index contributed by atoms with van der Waals surface area (Å²) in [6.45, 7) is 2.49. The average Bonchev–Trinajstić information content (AvgIpc) is 3.31. The molecule has 0 aromatic heterocycles. The molecule has 382 valence electrons. The molecule has 0 saturated carbocycles. The summed E-state index contributed by atoms with van der Waals surface area (Å²) in [6.07, 6.45) is 24.3. The third kappa shape index (κ3) is 26.3. The van der Waals surface area contributed by atoms with E-state index in [1.165, 1.54) is 57.8 Å². The highest BCUT2D eigenvalue weighted by atomic mass is 16.7. The smallest absolute Gasteiger partial charge is 0.306 e. The fourth-order valence-corrected chi connectivity index (χ4v) is 7.57. The molecule has 0 spiro atoms. The predicted octanol–water partition coefficient (Wildman–Crippen LogP) is 6.71. The van der Waals surface area contributed by atoms with Crippen molar-refractivity contribution >= 4 is 11.9 Å². The average molecular weight is 941 g/mol. The minimum atomic E-state index is -1.77. The molecule has 2 aliphatic rings. The normalized spacial score (nSPS) is 26.6. The lowest BCUT2D eigenvalue weighted by molar-refractivity contribution is -0.332. The number of hydrogen-bond donors (Lipinski definition) is 7. The van der Waals surface area contributed by atoms with Crippen LogP contribution in [-0.2, 0) is 38.0 Å². The number of allylic oxidation sites excluding steroid dienone is 8. The van der Waals surface area contributed by atoms with E-state index in [2.05, 4.69) is 62.5 Å². The molecule has 11 atom stereocenters. The van der Waals surface area contributed by atoms with Crippen LogP contribution in [0.4, 0.5) is 0 Å². The summed E-state index contributed by atoms with van der Waals surface area (Å²) in [6, 6.07) is 0. The first-order valence-electron chi connectivity index (χ1n) is 25.2. The standard InChI is InChI=1S/C51H88O15/c1-3-5-7-9-11-13-15-17-19-21-23-25-27-29-31-33-42(53)61-36-39(64-43(54)34-32-30-28-26-24-22-20-18-16-14-12-10-8-6-4-2)37-62-50-49(60)47(58)45(56)41(66-50)38-63-51-48(59)46(57)44(55)40(35-52)65-51/h12,14,17-20,24,26,39-41,44-52,55-60H,3-11,13,15-16,21-23,25,27-38H2,1-2H3/b14-12+,19-17+,20-18+,26-24+/t39-,40-,41-,44+,45+,46?,47?,48?,49?,50-,51-/m1/s1. The van der Waals surface area contributed by atoms with Crippen LogP contribution in [0.1, 0.15) is 168 Å². The maximum absolute atomic E-state index is 13.0.